The Balaban J connectivity index is 3.10. The van der Waals surface area contributed by atoms with Gasteiger partial charge in [-0.1, -0.05) is 17.7 Å². The number of benzene rings is 1. The van der Waals surface area contributed by atoms with Crippen LogP contribution in [0.2, 0.25) is 5.02 Å². The molecule has 1 atom stereocenters. The third-order valence-electron chi connectivity index (χ3n) is 2.53. The van der Waals surface area contributed by atoms with Gasteiger partial charge in [-0.25, -0.2) is 0 Å². The summed E-state index contributed by atoms with van der Waals surface area (Å²) in [5.41, 5.74) is 1.22. The molecular formula is C12H12ClN3. The fraction of sp³-hybridized carbons (Fsp3) is 0.333. The van der Waals surface area contributed by atoms with Gasteiger partial charge in [0.15, 0.2) is 0 Å². The summed E-state index contributed by atoms with van der Waals surface area (Å²) in [5, 5.41) is 18.1. The zero-order valence-electron chi connectivity index (χ0n) is 9.24. The molecule has 0 saturated carbocycles. The minimum absolute atomic E-state index is 0.0515. The SMILES string of the molecule is CC(CC#N)N(C)c1cccc(Cl)c1C#N. The lowest BCUT2D eigenvalue weighted by Crippen LogP contribution is -2.29. The number of anilines is 1. The van der Waals surface area contributed by atoms with Crippen molar-refractivity contribution in [1.29, 1.82) is 10.5 Å². The molecule has 0 heterocycles. The van der Waals surface area contributed by atoms with Crippen LogP contribution < -0.4 is 4.90 Å². The van der Waals surface area contributed by atoms with Crippen molar-refractivity contribution in [3.05, 3.63) is 28.8 Å². The minimum Gasteiger partial charge on any atom is -0.370 e. The molecule has 0 N–H and O–H groups in total. The third-order valence-corrected chi connectivity index (χ3v) is 2.85. The first-order valence-corrected chi connectivity index (χ1v) is 5.28. The Hall–Kier alpha value is -1.71. The van der Waals surface area contributed by atoms with E-state index in [9.17, 15) is 0 Å². The van der Waals surface area contributed by atoms with E-state index in [1.54, 1.807) is 12.1 Å². The molecule has 4 heteroatoms. The summed E-state index contributed by atoms with van der Waals surface area (Å²) in [6.07, 6.45) is 0.411. The average molecular weight is 234 g/mol. The predicted octanol–water partition coefficient (Wildman–Crippen LogP) is 2.95. The molecule has 0 spiro atoms. The van der Waals surface area contributed by atoms with Crippen molar-refractivity contribution in [3.8, 4) is 12.1 Å². The molecule has 82 valence electrons. The van der Waals surface area contributed by atoms with E-state index in [-0.39, 0.29) is 6.04 Å². The highest BCUT2D eigenvalue weighted by molar-refractivity contribution is 6.32. The van der Waals surface area contributed by atoms with Crippen LogP contribution in [0.4, 0.5) is 5.69 Å². The Bertz CT molecular complexity index is 456. The summed E-state index contributed by atoms with van der Waals surface area (Å²) in [4.78, 5) is 1.90. The molecule has 0 saturated heterocycles. The van der Waals surface area contributed by atoms with Gasteiger partial charge in [0.25, 0.3) is 0 Å². The first-order valence-electron chi connectivity index (χ1n) is 4.90. The summed E-state index contributed by atoms with van der Waals surface area (Å²) >= 11 is 5.94. The van der Waals surface area contributed by atoms with Gasteiger partial charge in [0.1, 0.15) is 6.07 Å². The number of halogens is 1. The summed E-state index contributed by atoms with van der Waals surface area (Å²) in [7, 11) is 1.86. The summed E-state index contributed by atoms with van der Waals surface area (Å²) < 4.78 is 0. The zero-order chi connectivity index (χ0) is 12.1. The Labute approximate surface area is 100 Å². The van der Waals surface area contributed by atoms with Crippen LogP contribution in [0.3, 0.4) is 0 Å². The molecule has 3 nitrogen and oxygen atoms in total. The van der Waals surface area contributed by atoms with Gasteiger partial charge in [0, 0.05) is 13.1 Å². The molecule has 0 bridgehead atoms. The molecule has 0 aliphatic heterocycles. The standard InChI is InChI=1S/C12H12ClN3/c1-9(6-7-14)16(2)12-5-3-4-11(13)10(12)8-15/h3-5,9H,6H2,1-2H3. The fourth-order valence-electron chi connectivity index (χ4n) is 1.42. The van der Waals surface area contributed by atoms with Gasteiger partial charge in [0.2, 0.25) is 0 Å². The predicted molar refractivity (Wildman–Crippen MR) is 64.3 cm³/mol. The van der Waals surface area contributed by atoms with Crippen LogP contribution in [0.1, 0.15) is 18.9 Å². The zero-order valence-corrected chi connectivity index (χ0v) is 9.99. The maximum Gasteiger partial charge on any atom is 0.103 e. The Morgan fingerprint density at radius 1 is 1.44 bits per heavy atom. The number of nitrogens with zero attached hydrogens (tertiary/aromatic N) is 3. The van der Waals surface area contributed by atoms with Crippen molar-refractivity contribution in [1.82, 2.24) is 0 Å². The van der Waals surface area contributed by atoms with Crippen LogP contribution in [0, 0.1) is 22.7 Å². The van der Waals surface area contributed by atoms with Gasteiger partial charge >= 0.3 is 0 Å². The Kier molecular flexibility index (Phi) is 4.17. The molecule has 1 rings (SSSR count). The number of hydrogen-bond acceptors (Lipinski definition) is 3. The molecule has 0 aliphatic rings. The van der Waals surface area contributed by atoms with Gasteiger partial charge in [-0.2, -0.15) is 10.5 Å². The minimum atomic E-state index is 0.0515. The second-order valence-electron chi connectivity index (χ2n) is 3.57. The highest BCUT2D eigenvalue weighted by Crippen LogP contribution is 2.27. The molecular weight excluding hydrogens is 222 g/mol. The quantitative estimate of drug-likeness (QED) is 0.807. The van der Waals surface area contributed by atoms with E-state index in [1.807, 2.05) is 24.9 Å². The van der Waals surface area contributed by atoms with Crippen LogP contribution in [-0.4, -0.2) is 13.1 Å². The van der Waals surface area contributed by atoms with Crippen molar-refractivity contribution in [2.45, 2.75) is 19.4 Å². The lowest BCUT2D eigenvalue weighted by atomic mass is 10.1. The number of nitriles is 2. The van der Waals surface area contributed by atoms with Crippen molar-refractivity contribution in [3.63, 3.8) is 0 Å². The van der Waals surface area contributed by atoms with Gasteiger partial charge in [0.05, 0.1) is 28.8 Å². The molecule has 0 aromatic heterocycles. The first kappa shape index (κ1) is 12.4. The van der Waals surface area contributed by atoms with Crippen molar-refractivity contribution >= 4 is 17.3 Å². The van der Waals surface area contributed by atoms with E-state index >= 15 is 0 Å². The maximum atomic E-state index is 9.03. The van der Waals surface area contributed by atoms with Crippen LogP contribution in [0.15, 0.2) is 18.2 Å². The number of rotatable bonds is 3. The summed E-state index contributed by atoms with van der Waals surface area (Å²) in [5.74, 6) is 0. The maximum absolute atomic E-state index is 9.03. The molecule has 0 radical (unpaired) electrons. The second kappa shape index (κ2) is 5.39. The monoisotopic (exact) mass is 233 g/mol. The Morgan fingerprint density at radius 3 is 2.69 bits per heavy atom. The van der Waals surface area contributed by atoms with Crippen LogP contribution in [0.5, 0.6) is 0 Å². The first-order chi connectivity index (χ1) is 7.61. The van der Waals surface area contributed by atoms with Gasteiger partial charge in [-0.3, -0.25) is 0 Å². The van der Waals surface area contributed by atoms with Crippen molar-refractivity contribution in [2.24, 2.45) is 0 Å². The Morgan fingerprint density at radius 2 is 2.12 bits per heavy atom. The molecule has 0 fully saturated rings. The van der Waals surface area contributed by atoms with Crippen LogP contribution in [0.25, 0.3) is 0 Å². The third kappa shape index (κ3) is 2.45. The molecule has 16 heavy (non-hydrogen) atoms. The topological polar surface area (TPSA) is 50.8 Å². The van der Waals surface area contributed by atoms with Crippen LogP contribution >= 0.6 is 11.6 Å². The van der Waals surface area contributed by atoms with E-state index < -0.39 is 0 Å². The second-order valence-corrected chi connectivity index (χ2v) is 3.98. The van der Waals surface area contributed by atoms with Gasteiger partial charge < -0.3 is 4.90 Å². The molecule has 1 aromatic rings. The summed E-state index contributed by atoms with van der Waals surface area (Å²) in [6.45, 7) is 1.94. The smallest absolute Gasteiger partial charge is 0.103 e. The average Bonchev–Trinajstić information content (AvgIpc) is 2.28. The largest absolute Gasteiger partial charge is 0.370 e. The van der Waals surface area contributed by atoms with Gasteiger partial charge in [-0.15, -0.1) is 0 Å². The van der Waals surface area contributed by atoms with Gasteiger partial charge in [-0.05, 0) is 19.1 Å². The van der Waals surface area contributed by atoms with E-state index in [0.717, 1.165) is 5.69 Å². The highest BCUT2D eigenvalue weighted by Gasteiger charge is 2.14. The van der Waals surface area contributed by atoms with E-state index in [4.69, 9.17) is 22.1 Å². The normalized spacial score (nSPS) is 11.3. The van der Waals surface area contributed by atoms with Crippen LogP contribution in [-0.2, 0) is 0 Å². The highest BCUT2D eigenvalue weighted by atomic mass is 35.5. The van der Waals surface area contributed by atoms with Crippen molar-refractivity contribution < 1.29 is 0 Å². The molecule has 0 amide bonds. The van der Waals surface area contributed by atoms with E-state index in [2.05, 4.69) is 12.1 Å². The fourth-order valence-corrected chi connectivity index (χ4v) is 1.64. The lowest BCUT2D eigenvalue weighted by molar-refractivity contribution is 0.702. The number of hydrogen-bond donors (Lipinski definition) is 0. The van der Waals surface area contributed by atoms with Crippen molar-refractivity contribution in [2.75, 3.05) is 11.9 Å². The molecule has 1 unspecified atom stereocenters. The van der Waals surface area contributed by atoms with E-state index in [0.29, 0.717) is 17.0 Å². The molecule has 1 aromatic carbocycles. The van der Waals surface area contributed by atoms with E-state index in [1.165, 1.54) is 0 Å². The summed E-state index contributed by atoms with van der Waals surface area (Å²) in [6, 6.07) is 9.57. The molecule has 0 aliphatic carbocycles. The lowest BCUT2D eigenvalue weighted by Gasteiger charge is -2.26.